The second kappa shape index (κ2) is 15.6. The summed E-state index contributed by atoms with van der Waals surface area (Å²) in [5, 5.41) is 6.65. The molecule has 69 heavy (non-hydrogen) atoms. The molecule has 14 aromatic rings. The number of hydrogen-bond donors (Lipinski definition) is 0. The highest BCUT2D eigenvalue weighted by Gasteiger charge is 2.25. The average molecular weight is 882 g/mol. The summed E-state index contributed by atoms with van der Waals surface area (Å²) in [6.07, 6.45) is 0. The van der Waals surface area contributed by atoms with Crippen molar-refractivity contribution in [3.8, 4) is 67.8 Å². The molecule has 0 unspecified atom stereocenters. The Morgan fingerprint density at radius 2 is 0.841 bits per heavy atom. The minimum atomic E-state index is 0.566. The molecular weight excluding hydrogens is 843 g/mol. The maximum atomic E-state index is 7.09. The first kappa shape index (κ1) is 38.8. The third kappa shape index (κ3) is 6.30. The second-order valence-corrected chi connectivity index (χ2v) is 17.6. The number of fused-ring (bicyclic) bond motifs is 9. The van der Waals surface area contributed by atoms with Gasteiger partial charge in [0.2, 0.25) is 0 Å². The summed E-state index contributed by atoms with van der Waals surface area (Å²) < 4.78 is 11.9. The molecule has 0 bridgehead atoms. The zero-order valence-electron chi connectivity index (χ0n) is 37.2. The predicted octanol–water partition coefficient (Wildman–Crippen LogP) is 16.3. The van der Waals surface area contributed by atoms with Crippen LogP contribution in [0.25, 0.3) is 133 Å². The quantitative estimate of drug-likeness (QED) is 0.160. The van der Waals surface area contributed by atoms with Crippen LogP contribution in [0.4, 0.5) is 0 Å². The van der Waals surface area contributed by atoms with Crippen molar-refractivity contribution in [2.75, 3.05) is 0 Å². The summed E-state index contributed by atoms with van der Waals surface area (Å²) >= 11 is 0. The van der Waals surface area contributed by atoms with Gasteiger partial charge in [-0.25, -0.2) is 15.0 Å². The van der Waals surface area contributed by atoms with Crippen molar-refractivity contribution in [1.29, 1.82) is 0 Å². The largest absolute Gasteiger partial charge is 0.454 e. The van der Waals surface area contributed by atoms with Crippen LogP contribution in [0, 0.1) is 0 Å². The van der Waals surface area contributed by atoms with Crippen LogP contribution in [-0.4, -0.2) is 24.1 Å². The summed E-state index contributed by atoms with van der Waals surface area (Å²) in [7, 11) is 0. The lowest BCUT2D eigenvalue weighted by molar-refractivity contribution is 0.666. The maximum Gasteiger partial charge on any atom is 0.164 e. The Labute approximate surface area is 396 Å². The molecule has 14 rings (SSSR count). The van der Waals surface area contributed by atoms with E-state index in [1.165, 1.54) is 16.3 Å². The minimum Gasteiger partial charge on any atom is -0.454 e. The Kier molecular flexibility index (Phi) is 8.79. The molecule has 0 atom stereocenters. The highest BCUT2D eigenvalue weighted by atomic mass is 16.3. The van der Waals surface area contributed by atoms with E-state index in [0.717, 1.165) is 99.5 Å². The standard InChI is InChI=1S/C63H39N5O/c1-5-18-40(19-6-1)43-24-17-25-45(36-43)62-64-61(42-22-9-3-10-23-42)65-63(66-62)49-33-35-55(60-59(49)48-29-14-16-31-58(48)69-60)68-54-34-32-44(41-20-7-2-8-21-41)37-50(54)52-38-51-47-28-13-15-30-53(47)67(56(51)39-57(52)68)46-26-11-4-12-27-46/h1-39H. The number of rotatable bonds is 7. The van der Waals surface area contributed by atoms with Crippen LogP contribution >= 0.6 is 0 Å². The Morgan fingerprint density at radius 1 is 0.304 bits per heavy atom. The third-order valence-electron chi connectivity index (χ3n) is 13.6. The molecule has 0 N–H and O–H groups in total. The van der Waals surface area contributed by atoms with E-state index in [0.29, 0.717) is 17.5 Å². The van der Waals surface area contributed by atoms with Gasteiger partial charge >= 0.3 is 0 Å². The van der Waals surface area contributed by atoms with Crippen molar-refractivity contribution < 1.29 is 4.42 Å². The summed E-state index contributed by atoms with van der Waals surface area (Å²) in [5.74, 6) is 1.76. The zero-order valence-corrected chi connectivity index (χ0v) is 37.2. The van der Waals surface area contributed by atoms with Crippen molar-refractivity contribution in [2.45, 2.75) is 0 Å². The fraction of sp³-hybridized carbons (Fsp3) is 0. The molecule has 4 heterocycles. The first-order valence-corrected chi connectivity index (χ1v) is 23.3. The van der Waals surface area contributed by atoms with E-state index < -0.39 is 0 Å². The van der Waals surface area contributed by atoms with Crippen LogP contribution in [0.5, 0.6) is 0 Å². The smallest absolute Gasteiger partial charge is 0.164 e. The monoisotopic (exact) mass is 881 g/mol. The van der Waals surface area contributed by atoms with E-state index >= 15 is 0 Å². The molecule has 6 nitrogen and oxygen atoms in total. The van der Waals surface area contributed by atoms with E-state index in [2.05, 4.69) is 209 Å². The van der Waals surface area contributed by atoms with Gasteiger partial charge in [-0.15, -0.1) is 0 Å². The maximum absolute atomic E-state index is 7.09. The van der Waals surface area contributed by atoms with E-state index in [1.807, 2.05) is 36.4 Å². The van der Waals surface area contributed by atoms with E-state index in [-0.39, 0.29) is 0 Å². The van der Waals surface area contributed by atoms with Crippen molar-refractivity contribution in [3.63, 3.8) is 0 Å². The van der Waals surface area contributed by atoms with Gasteiger partial charge in [0.15, 0.2) is 23.1 Å². The molecule has 4 aromatic heterocycles. The Hall–Kier alpha value is -9.39. The topological polar surface area (TPSA) is 61.7 Å². The molecule has 10 aromatic carbocycles. The molecule has 0 aliphatic heterocycles. The SMILES string of the molecule is c1ccc(-c2cccc(-c3nc(-c4ccccc4)nc(-c4ccc(-n5c6ccc(-c7ccccc7)cc6c6cc7c8ccccc8n(-c8ccccc8)c7cc65)c5oc6ccccc6c45)n3)c2)cc1. The molecule has 0 radical (unpaired) electrons. The molecule has 0 spiro atoms. The summed E-state index contributed by atoms with van der Waals surface area (Å²) in [4.78, 5) is 15.7. The molecule has 0 saturated heterocycles. The van der Waals surface area contributed by atoms with Gasteiger partial charge in [-0.1, -0.05) is 170 Å². The highest BCUT2D eigenvalue weighted by molar-refractivity contribution is 6.21. The average Bonchev–Trinajstić information content (AvgIpc) is 4.08. The molecular formula is C63H39N5O. The van der Waals surface area contributed by atoms with Gasteiger partial charge in [0.05, 0.1) is 27.8 Å². The van der Waals surface area contributed by atoms with Crippen molar-refractivity contribution >= 4 is 65.6 Å². The third-order valence-corrected chi connectivity index (χ3v) is 13.6. The normalized spacial score (nSPS) is 11.8. The van der Waals surface area contributed by atoms with Gasteiger partial charge in [-0.3, -0.25) is 0 Å². The molecule has 0 amide bonds. The van der Waals surface area contributed by atoms with Crippen LogP contribution in [-0.2, 0) is 0 Å². The number of furan rings is 1. The Morgan fingerprint density at radius 3 is 1.59 bits per heavy atom. The Balaban J connectivity index is 1.05. The van der Waals surface area contributed by atoms with Crippen molar-refractivity contribution in [1.82, 2.24) is 24.1 Å². The lowest BCUT2D eigenvalue weighted by Crippen LogP contribution is -2.01. The van der Waals surface area contributed by atoms with Gasteiger partial charge in [-0.05, 0) is 89.0 Å². The number of aromatic nitrogens is 5. The predicted molar refractivity (Wildman–Crippen MR) is 283 cm³/mol. The Bertz CT molecular complexity index is 4290. The van der Waals surface area contributed by atoms with Crippen LogP contribution in [0.15, 0.2) is 241 Å². The first-order valence-electron chi connectivity index (χ1n) is 23.3. The van der Waals surface area contributed by atoms with Crippen LogP contribution in [0.3, 0.4) is 0 Å². The van der Waals surface area contributed by atoms with E-state index in [9.17, 15) is 0 Å². The minimum absolute atomic E-state index is 0.566. The number of para-hydroxylation sites is 3. The first-order chi connectivity index (χ1) is 34.2. The fourth-order valence-electron chi connectivity index (χ4n) is 10.4. The number of benzene rings is 10. The highest BCUT2D eigenvalue weighted by Crippen LogP contribution is 2.45. The van der Waals surface area contributed by atoms with Crippen LogP contribution < -0.4 is 0 Å². The van der Waals surface area contributed by atoms with Crippen molar-refractivity contribution in [3.05, 3.63) is 237 Å². The molecule has 0 fully saturated rings. The molecule has 0 aliphatic rings. The molecule has 322 valence electrons. The lowest BCUT2D eigenvalue weighted by atomic mass is 10.0. The lowest BCUT2D eigenvalue weighted by Gasteiger charge is -2.13. The fourth-order valence-corrected chi connectivity index (χ4v) is 10.4. The molecule has 6 heteroatoms. The summed E-state index contributed by atoms with van der Waals surface area (Å²) in [5.41, 5.74) is 15.2. The summed E-state index contributed by atoms with van der Waals surface area (Å²) in [6.45, 7) is 0. The molecule has 0 aliphatic carbocycles. The van der Waals surface area contributed by atoms with Gasteiger partial charge in [0, 0.05) is 54.7 Å². The zero-order chi connectivity index (χ0) is 45.4. The van der Waals surface area contributed by atoms with Crippen LogP contribution in [0.2, 0.25) is 0 Å². The molecule has 0 saturated carbocycles. The van der Waals surface area contributed by atoms with Gasteiger partial charge in [0.1, 0.15) is 5.58 Å². The number of hydrogen-bond acceptors (Lipinski definition) is 4. The van der Waals surface area contributed by atoms with Crippen LogP contribution in [0.1, 0.15) is 0 Å². The van der Waals surface area contributed by atoms with Gasteiger partial charge in [-0.2, -0.15) is 0 Å². The number of nitrogens with zero attached hydrogens (tertiary/aromatic N) is 5. The van der Waals surface area contributed by atoms with Crippen molar-refractivity contribution in [2.24, 2.45) is 0 Å². The van der Waals surface area contributed by atoms with E-state index in [4.69, 9.17) is 19.4 Å². The summed E-state index contributed by atoms with van der Waals surface area (Å²) in [6, 6.07) is 83.3. The van der Waals surface area contributed by atoms with E-state index in [1.54, 1.807) is 0 Å². The van der Waals surface area contributed by atoms with Gasteiger partial charge < -0.3 is 13.6 Å². The second-order valence-electron chi connectivity index (χ2n) is 17.6. The van der Waals surface area contributed by atoms with Gasteiger partial charge in [0.25, 0.3) is 0 Å².